The van der Waals surface area contributed by atoms with Gasteiger partial charge in [0.1, 0.15) is 0 Å². The van der Waals surface area contributed by atoms with Gasteiger partial charge in [-0.3, -0.25) is 9.67 Å². The van der Waals surface area contributed by atoms with Gasteiger partial charge in [-0.15, -0.1) is 0 Å². The van der Waals surface area contributed by atoms with Gasteiger partial charge in [0.15, 0.2) is 5.82 Å². The second-order valence-corrected chi connectivity index (χ2v) is 3.39. The van der Waals surface area contributed by atoms with Crippen LogP contribution in [0.5, 0.6) is 0 Å². The summed E-state index contributed by atoms with van der Waals surface area (Å²) in [7, 11) is 1.94. The van der Waals surface area contributed by atoms with E-state index in [1.165, 1.54) is 5.71 Å². The van der Waals surface area contributed by atoms with Crippen molar-refractivity contribution < 1.29 is 0 Å². The van der Waals surface area contributed by atoms with Crippen molar-refractivity contribution in [2.45, 2.75) is 6.92 Å². The molecule has 2 heterocycles. The molecule has 0 saturated carbocycles. The maximum atomic E-state index is 4.36. The van der Waals surface area contributed by atoms with Crippen LogP contribution >= 0.6 is 0 Å². The molecule has 1 aliphatic heterocycles. The van der Waals surface area contributed by atoms with Gasteiger partial charge in [-0.1, -0.05) is 0 Å². The first-order valence-corrected chi connectivity index (χ1v) is 4.50. The SMILES string of the molecule is CC1=NCCN(c2ccn(C)n2)C1. The summed E-state index contributed by atoms with van der Waals surface area (Å²) in [5.41, 5.74) is 1.19. The number of aryl methyl sites for hydroxylation is 1. The number of rotatable bonds is 1. The number of nitrogens with zero attached hydrogens (tertiary/aromatic N) is 4. The van der Waals surface area contributed by atoms with E-state index >= 15 is 0 Å². The zero-order valence-corrected chi connectivity index (χ0v) is 8.06. The highest BCUT2D eigenvalue weighted by Crippen LogP contribution is 2.11. The van der Waals surface area contributed by atoms with Crippen molar-refractivity contribution in [1.29, 1.82) is 0 Å². The van der Waals surface area contributed by atoms with Crippen LogP contribution in [0.2, 0.25) is 0 Å². The Morgan fingerprint density at radius 1 is 1.46 bits per heavy atom. The summed E-state index contributed by atoms with van der Waals surface area (Å²) >= 11 is 0. The third-order valence-corrected chi connectivity index (χ3v) is 2.19. The Balaban J connectivity index is 2.14. The van der Waals surface area contributed by atoms with Gasteiger partial charge in [0.05, 0.1) is 13.1 Å². The van der Waals surface area contributed by atoms with Crippen LogP contribution in [0.1, 0.15) is 6.92 Å². The number of anilines is 1. The summed E-state index contributed by atoms with van der Waals surface area (Å²) in [6.45, 7) is 4.85. The molecule has 1 aromatic rings. The molecule has 4 nitrogen and oxygen atoms in total. The molecular formula is C9H14N4. The molecular weight excluding hydrogens is 164 g/mol. The van der Waals surface area contributed by atoms with Crippen LogP contribution in [0.3, 0.4) is 0 Å². The van der Waals surface area contributed by atoms with Crippen LogP contribution in [0.15, 0.2) is 17.3 Å². The van der Waals surface area contributed by atoms with Gasteiger partial charge in [0.25, 0.3) is 0 Å². The molecule has 0 fully saturated rings. The highest BCUT2D eigenvalue weighted by Gasteiger charge is 2.13. The molecule has 4 heteroatoms. The summed E-state index contributed by atoms with van der Waals surface area (Å²) in [4.78, 5) is 6.61. The number of aromatic nitrogens is 2. The van der Waals surface area contributed by atoms with Gasteiger partial charge >= 0.3 is 0 Å². The van der Waals surface area contributed by atoms with Crippen molar-refractivity contribution in [3.05, 3.63) is 12.3 Å². The van der Waals surface area contributed by atoms with Crippen LogP contribution < -0.4 is 4.90 Å². The average Bonchev–Trinajstić information content (AvgIpc) is 2.52. The minimum atomic E-state index is 0.891. The van der Waals surface area contributed by atoms with Crippen LogP contribution in [0.25, 0.3) is 0 Å². The van der Waals surface area contributed by atoms with Crippen molar-refractivity contribution in [1.82, 2.24) is 9.78 Å². The van der Waals surface area contributed by atoms with Crippen molar-refractivity contribution in [2.75, 3.05) is 24.5 Å². The molecule has 0 atom stereocenters. The van der Waals surface area contributed by atoms with E-state index in [1.807, 2.05) is 24.0 Å². The smallest absolute Gasteiger partial charge is 0.150 e. The maximum Gasteiger partial charge on any atom is 0.150 e. The molecule has 0 radical (unpaired) electrons. The van der Waals surface area contributed by atoms with Gasteiger partial charge in [0, 0.05) is 31.6 Å². The summed E-state index contributed by atoms with van der Waals surface area (Å²) in [6.07, 6.45) is 1.97. The number of hydrogen-bond donors (Lipinski definition) is 0. The molecule has 0 saturated heterocycles. The van der Waals surface area contributed by atoms with Crippen LogP contribution in [-0.2, 0) is 7.05 Å². The lowest BCUT2D eigenvalue weighted by molar-refractivity contribution is 0.737. The van der Waals surface area contributed by atoms with E-state index in [4.69, 9.17) is 0 Å². The lowest BCUT2D eigenvalue weighted by Gasteiger charge is -2.24. The third-order valence-electron chi connectivity index (χ3n) is 2.19. The Labute approximate surface area is 77.9 Å². The summed E-state index contributed by atoms with van der Waals surface area (Å²) in [5, 5.41) is 4.36. The van der Waals surface area contributed by atoms with Crippen LogP contribution in [-0.4, -0.2) is 35.1 Å². The number of aliphatic imine (C=N–C) groups is 1. The Bertz CT molecular complexity index is 326. The molecule has 13 heavy (non-hydrogen) atoms. The fourth-order valence-corrected chi connectivity index (χ4v) is 1.53. The normalized spacial score (nSPS) is 17.4. The van der Waals surface area contributed by atoms with Gasteiger partial charge in [-0.25, -0.2) is 0 Å². The van der Waals surface area contributed by atoms with E-state index in [1.54, 1.807) is 0 Å². The summed E-state index contributed by atoms with van der Waals surface area (Å²) < 4.78 is 1.83. The maximum absolute atomic E-state index is 4.36. The standard InChI is InChI=1S/C9H14N4/c1-8-7-13(6-4-10-8)9-3-5-12(2)11-9/h3,5H,4,6-7H2,1-2H3. The molecule has 0 unspecified atom stereocenters. The van der Waals surface area contributed by atoms with E-state index in [9.17, 15) is 0 Å². The fraction of sp³-hybridized carbons (Fsp3) is 0.556. The second-order valence-electron chi connectivity index (χ2n) is 3.39. The van der Waals surface area contributed by atoms with E-state index in [0.29, 0.717) is 0 Å². The quantitative estimate of drug-likeness (QED) is 0.634. The topological polar surface area (TPSA) is 33.4 Å². The molecule has 0 aromatic carbocycles. The number of hydrogen-bond acceptors (Lipinski definition) is 3. The minimum Gasteiger partial charge on any atom is -0.348 e. The highest BCUT2D eigenvalue weighted by atomic mass is 15.3. The van der Waals surface area contributed by atoms with Gasteiger partial charge in [-0.2, -0.15) is 5.10 Å². The van der Waals surface area contributed by atoms with Crippen molar-refractivity contribution in [3.8, 4) is 0 Å². The Morgan fingerprint density at radius 2 is 2.31 bits per heavy atom. The molecule has 1 aliphatic rings. The first-order chi connectivity index (χ1) is 6.25. The monoisotopic (exact) mass is 178 g/mol. The molecule has 0 N–H and O–H groups in total. The van der Waals surface area contributed by atoms with Crippen molar-refractivity contribution in [3.63, 3.8) is 0 Å². The fourth-order valence-electron chi connectivity index (χ4n) is 1.53. The van der Waals surface area contributed by atoms with E-state index in [2.05, 4.69) is 21.9 Å². The lowest BCUT2D eigenvalue weighted by atomic mass is 10.3. The Hall–Kier alpha value is -1.32. The summed E-state index contributed by atoms with van der Waals surface area (Å²) in [6, 6.07) is 2.04. The molecule has 0 spiro atoms. The summed E-state index contributed by atoms with van der Waals surface area (Å²) in [5.74, 6) is 1.05. The van der Waals surface area contributed by atoms with Gasteiger partial charge in [-0.05, 0) is 6.92 Å². The lowest BCUT2D eigenvalue weighted by Crippen LogP contribution is -2.35. The molecule has 0 amide bonds. The predicted molar refractivity (Wildman–Crippen MR) is 53.4 cm³/mol. The minimum absolute atomic E-state index is 0.891. The van der Waals surface area contributed by atoms with E-state index in [0.717, 1.165) is 25.5 Å². The third kappa shape index (κ3) is 1.71. The Morgan fingerprint density at radius 3 is 2.92 bits per heavy atom. The first-order valence-electron chi connectivity index (χ1n) is 4.50. The zero-order valence-electron chi connectivity index (χ0n) is 8.06. The van der Waals surface area contributed by atoms with Gasteiger partial charge in [0.2, 0.25) is 0 Å². The molecule has 0 aliphatic carbocycles. The van der Waals surface area contributed by atoms with E-state index < -0.39 is 0 Å². The molecule has 0 bridgehead atoms. The average molecular weight is 178 g/mol. The Kier molecular flexibility index (Phi) is 2.04. The largest absolute Gasteiger partial charge is 0.348 e. The zero-order chi connectivity index (χ0) is 9.26. The van der Waals surface area contributed by atoms with E-state index in [-0.39, 0.29) is 0 Å². The van der Waals surface area contributed by atoms with Crippen molar-refractivity contribution >= 4 is 11.5 Å². The first kappa shape index (κ1) is 8.29. The molecule has 1 aromatic heterocycles. The molecule has 2 rings (SSSR count). The van der Waals surface area contributed by atoms with Crippen LogP contribution in [0, 0.1) is 0 Å². The molecule has 70 valence electrons. The van der Waals surface area contributed by atoms with Crippen molar-refractivity contribution in [2.24, 2.45) is 12.0 Å². The van der Waals surface area contributed by atoms with Crippen LogP contribution in [0.4, 0.5) is 5.82 Å². The highest BCUT2D eigenvalue weighted by molar-refractivity contribution is 5.87. The predicted octanol–water partition coefficient (Wildman–Crippen LogP) is 0.701. The van der Waals surface area contributed by atoms with Gasteiger partial charge < -0.3 is 4.90 Å². The second kappa shape index (κ2) is 3.20.